The molecule has 0 amide bonds. The SMILES string of the molecule is S=c1[nH]nc(-c2ccccc2Nc2nc(-c3ccccc3)nc3ccccc23)o1. The number of benzene rings is 3. The molecule has 5 aromatic rings. The largest absolute Gasteiger partial charge is 0.409 e. The number of anilines is 2. The summed E-state index contributed by atoms with van der Waals surface area (Å²) < 4.78 is 5.50. The second kappa shape index (κ2) is 7.29. The molecule has 0 unspecified atom stereocenters. The Kier molecular flexibility index (Phi) is 4.34. The molecule has 0 bridgehead atoms. The number of nitrogens with zero attached hydrogens (tertiary/aromatic N) is 3. The van der Waals surface area contributed by atoms with E-state index < -0.39 is 0 Å². The third-order valence-corrected chi connectivity index (χ3v) is 4.66. The molecule has 2 N–H and O–H groups in total. The molecule has 2 heterocycles. The van der Waals surface area contributed by atoms with Crippen LogP contribution < -0.4 is 5.32 Å². The topological polar surface area (TPSA) is 79.6 Å². The Bertz CT molecular complexity index is 1360. The van der Waals surface area contributed by atoms with Crippen molar-refractivity contribution in [1.82, 2.24) is 20.2 Å². The number of rotatable bonds is 4. The Labute approximate surface area is 171 Å². The zero-order valence-corrected chi connectivity index (χ0v) is 16.0. The summed E-state index contributed by atoms with van der Waals surface area (Å²) in [5, 5.41) is 11.2. The smallest absolute Gasteiger partial charge is 0.284 e. The second-order valence-electron chi connectivity index (χ2n) is 6.37. The van der Waals surface area contributed by atoms with Crippen LogP contribution >= 0.6 is 12.2 Å². The number of fused-ring (bicyclic) bond motifs is 1. The predicted molar refractivity (Wildman–Crippen MR) is 115 cm³/mol. The fourth-order valence-electron chi connectivity index (χ4n) is 3.14. The van der Waals surface area contributed by atoms with Crippen molar-refractivity contribution in [3.63, 3.8) is 0 Å². The van der Waals surface area contributed by atoms with Gasteiger partial charge in [-0.1, -0.05) is 54.6 Å². The first-order chi connectivity index (χ1) is 14.3. The number of hydrogen-bond acceptors (Lipinski definition) is 6. The number of aromatic nitrogens is 4. The van der Waals surface area contributed by atoms with Crippen LogP contribution in [0, 0.1) is 4.84 Å². The summed E-state index contributed by atoms with van der Waals surface area (Å²) in [4.78, 5) is 9.77. The van der Waals surface area contributed by atoms with E-state index in [1.54, 1.807) is 0 Å². The van der Waals surface area contributed by atoms with Crippen molar-refractivity contribution in [3.8, 4) is 22.8 Å². The Morgan fingerprint density at radius 3 is 2.41 bits per heavy atom. The summed E-state index contributed by atoms with van der Waals surface area (Å²) in [6.45, 7) is 0. The lowest BCUT2D eigenvalue weighted by molar-refractivity contribution is 0.552. The number of aromatic amines is 1. The summed E-state index contributed by atoms with van der Waals surface area (Å²) in [5.41, 5.74) is 3.40. The van der Waals surface area contributed by atoms with Gasteiger partial charge in [0.1, 0.15) is 5.82 Å². The van der Waals surface area contributed by atoms with E-state index in [1.807, 2.05) is 78.9 Å². The molecule has 140 valence electrons. The van der Waals surface area contributed by atoms with Crippen LogP contribution in [0.4, 0.5) is 11.5 Å². The van der Waals surface area contributed by atoms with E-state index in [1.165, 1.54) is 0 Å². The molecule has 6 nitrogen and oxygen atoms in total. The Morgan fingerprint density at radius 1 is 0.828 bits per heavy atom. The molecule has 0 fully saturated rings. The molecule has 29 heavy (non-hydrogen) atoms. The van der Waals surface area contributed by atoms with Gasteiger partial charge in [0.2, 0.25) is 5.89 Å². The van der Waals surface area contributed by atoms with Gasteiger partial charge >= 0.3 is 0 Å². The molecule has 0 saturated carbocycles. The second-order valence-corrected chi connectivity index (χ2v) is 6.74. The average molecular weight is 397 g/mol. The van der Waals surface area contributed by atoms with Crippen molar-refractivity contribution in [1.29, 1.82) is 0 Å². The van der Waals surface area contributed by atoms with Crippen LogP contribution in [0.5, 0.6) is 0 Å². The van der Waals surface area contributed by atoms with Crippen molar-refractivity contribution < 1.29 is 4.42 Å². The number of para-hydroxylation sites is 2. The standard InChI is InChI=1S/C22H15N5OS/c29-22-27-26-21(28-22)16-11-5-7-13-18(16)24-20-15-10-4-6-12-17(15)23-19(25-20)14-8-2-1-3-9-14/h1-13H,(H,27,29)(H,23,24,25). The summed E-state index contributed by atoms with van der Waals surface area (Å²) in [6.07, 6.45) is 0. The highest BCUT2D eigenvalue weighted by molar-refractivity contribution is 7.71. The lowest BCUT2D eigenvalue weighted by atomic mass is 10.1. The lowest BCUT2D eigenvalue weighted by Crippen LogP contribution is -2.00. The molecule has 2 aromatic heterocycles. The minimum Gasteiger partial charge on any atom is -0.409 e. The third-order valence-electron chi connectivity index (χ3n) is 4.48. The molecule has 0 spiro atoms. The first kappa shape index (κ1) is 17.3. The molecule has 7 heteroatoms. The molecule has 3 aromatic carbocycles. The molecule has 0 atom stereocenters. The Hall–Kier alpha value is -3.84. The van der Waals surface area contributed by atoms with Gasteiger partial charge in [-0.2, -0.15) is 0 Å². The minimum absolute atomic E-state index is 0.230. The molecule has 0 saturated heterocycles. The van der Waals surface area contributed by atoms with Gasteiger partial charge in [-0.3, -0.25) is 0 Å². The van der Waals surface area contributed by atoms with Crippen LogP contribution in [-0.4, -0.2) is 20.2 Å². The van der Waals surface area contributed by atoms with Crippen LogP contribution in [0.1, 0.15) is 0 Å². The van der Waals surface area contributed by atoms with Crippen molar-refractivity contribution in [2.24, 2.45) is 0 Å². The number of nitrogens with one attached hydrogen (secondary N) is 2. The van der Waals surface area contributed by atoms with E-state index in [4.69, 9.17) is 26.6 Å². The van der Waals surface area contributed by atoms with E-state index in [9.17, 15) is 0 Å². The van der Waals surface area contributed by atoms with E-state index >= 15 is 0 Å². The first-order valence-corrected chi connectivity index (χ1v) is 9.43. The fourth-order valence-corrected chi connectivity index (χ4v) is 3.26. The highest BCUT2D eigenvalue weighted by Crippen LogP contribution is 2.32. The summed E-state index contributed by atoms with van der Waals surface area (Å²) in [5.74, 6) is 1.78. The molecule has 0 aliphatic carbocycles. The van der Waals surface area contributed by atoms with Crippen LogP contribution in [0.2, 0.25) is 0 Å². The maximum atomic E-state index is 5.50. The quantitative estimate of drug-likeness (QED) is 0.376. The number of hydrogen-bond donors (Lipinski definition) is 2. The van der Waals surface area contributed by atoms with E-state index in [-0.39, 0.29) is 4.84 Å². The predicted octanol–water partition coefficient (Wildman–Crippen LogP) is 5.75. The van der Waals surface area contributed by atoms with E-state index in [0.29, 0.717) is 17.5 Å². The fraction of sp³-hybridized carbons (Fsp3) is 0. The van der Waals surface area contributed by atoms with E-state index in [0.717, 1.165) is 27.7 Å². The van der Waals surface area contributed by atoms with Crippen molar-refractivity contribution >= 4 is 34.6 Å². The average Bonchev–Trinajstić information content (AvgIpc) is 3.21. The lowest BCUT2D eigenvalue weighted by Gasteiger charge is -2.13. The molecular weight excluding hydrogens is 382 g/mol. The van der Waals surface area contributed by atoms with Gasteiger partial charge in [0.05, 0.1) is 16.8 Å². The third kappa shape index (κ3) is 3.39. The highest BCUT2D eigenvalue weighted by atomic mass is 32.1. The zero-order valence-electron chi connectivity index (χ0n) is 15.2. The summed E-state index contributed by atoms with van der Waals surface area (Å²) in [7, 11) is 0. The minimum atomic E-state index is 0.230. The normalized spacial score (nSPS) is 10.9. The summed E-state index contributed by atoms with van der Waals surface area (Å²) >= 11 is 5.01. The maximum absolute atomic E-state index is 5.50. The van der Waals surface area contributed by atoms with Gasteiger partial charge < -0.3 is 9.73 Å². The van der Waals surface area contributed by atoms with Gasteiger partial charge in [-0.05, 0) is 36.5 Å². The van der Waals surface area contributed by atoms with Gasteiger partial charge in [-0.25, -0.2) is 15.1 Å². The molecular formula is C22H15N5OS. The van der Waals surface area contributed by atoms with Gasteiger partial charge in [0.15, 0.2) is 5.82 Å². The monoisotopic (exact) mass is 397 g/mol. The van der Waals surface area contributed by atoms with Crippen LogP contribution in [0.15, 0.2) is 83.3 Å². The first-order valence-electron chi connectivity index (χ1n) is 9.02. The van der Waals surface area contributed by atoms with Gasteiger partial charge in [-0.15, -0.1) is 5.10 Å². The summed E-state index contributed by atoms with van der Waals surface area (Å²) in [6, 6.07) is 25.5. The molecule has 5 rings (SSSR count). The molecule has 0 aliphatic rings. The zero-order chi connectivity index (χ0) is 19.6. The van der Waals surface area contributed by atoms with Crippen molar-refractivity contribution in [3.05, 3.63) is 83.7 Å². The van der Waals surface area contributed by atoms with Crippen LogP contribution in [0.25, 0.3) is 33.7 Å². The van der Waals surface area contributed by atoms with Crippen LogP contribution in [0.3, 0.4) is 0 Å². The Balaban J connectivity index is 1.66. The van der Waals surface area contributed by atoms with Crippen LogP contribution in [-0.2, 0) is 0 Å². The van der Waals surface area contributed by atoms with E-state index in [2.05, 4.69) is 15.5 Å². The molecule has 0 aliphatic heterocycles. The Morgan fingerprint density at radius 2 is 1.59 bits per heavy atom. The van der Waals surface area contributed by atoms with Gasteiger partial charge in [0.25, 0.3) is 4.84 Å². The molecule has 0 radical (unpaired) electrons. The van der Waals surface area contributed by atoms with Crippen molar-refractivity contribution in [2.45, 2.75) is 0 Å². The highest BCUT2D eigenvalue weighted by Gasteiger charge is 2.14. The maximum Gasteiger partial charge on any atom is 0.284 e. The number of H-pyrrole nitrogens is 1. The van der Waals surface area contributed by atoms with Crippen molar-refractivity contribution in [2.75, 3.05) is 5.32 Å². The van der Waals surface area contributed by atoms with Gasteiger partial charge in [0, 0.05) is 10.9 Å².